The maximum absolute atomic E-state index is 12.9. The van der Waals surface area contributed by atoms with Crippen LogP contribution >= 0.6 is 34.8 Å². The molecule has 0 aromatic heterocycles. The lowest BCUT2D eigenvalue weighted by Crippen LogP contribution is -2.16. The van der Waals surface area contributed by atoms with Crippen LogP contribution in [-0.4, -0.2) is 11.9 Å². The number of esters is 1. The zero-order valence-corrected chi connectivity index (χ0v) is 13.9. The van der Waals surface area contributed by atoms with Gasteiger partial charge in [0.15, 0.2) is 5.75 Å². The summed E-state index contributed by atoms with van der Waals surface area (Å²) in [5, 5.41) is 2.36. The standard InChI is InChI=1S/C15H9Cl3FNO3/c1-7(21)23-14-11(17)6-10(16)13(18)12(14)15(22)20-9-4-2-8(19)3-5-9/h2-6H,1H3,(H,20,22). The second-order valence-corrected chi connectivity index (χ2v) is 5.61. The zero-order chi connectivity index (χ0) is 17.1. The van der Waals surface area contributed by atoms with E-state index in [1.165, 1.54) is 30.3 Å². The van der Waals surface area contributed by atoms with Crippen LogP contribution < -0.4 is 10.1 Å². The number of nitrogens with one attached hydrogen (secondary N) is 1. The van der Waals surface area contributed by atoms with Crippen molar-refractivity contribution in [3.8, 4) is 5.75 Å². The number of amides is 1. The Hall–Kier alpha value is -1.82. The molecule has 23 heavy (non-hydrogen) atoms. The molecule has 0 spiro atoms. The molecule has 0 atom stereocenters. The van der Waals surface area contributed by atoms with Gasteiger partial charge in [-0.25, -0.2) is 4.39 Å². The van der Waals surface area contributed by atoms with Gasteiger partial charge in [0.1, 0.15) is 11.4 Å². The lowest BCUT2D eigenvalue weighted by Gasteiger charge is -2.14. The number of benzene rings is 2. The van der Waals surface area contributed by atoms with Gasteiger partial charge < -0.3 is 10.1 Å². The second-order valence-electron chi connectivity index (χ2n) is 4.41. The molecule has 4 nitrogen and oxygen atoms in total. The Bertz CT molecular complexity index is 779. The number of hydrogen-bond acceptors (Lipinski definition) is 3. The van der Waals surface area contributed by atoms with Gasteiger partial charge in [-0.3, -0.25) is 9.59 Å². The van der Waals surface area contributed by atoms with E-state index in [2.05, 4.69) is 5.32 Å². The third-order valence-electron chi connectivity index (χ3n) is 2.70. The lowest BCUT2D eigenvalue weighted by molar-refractivity contribution is -0.131. The molecule has 0 fully saturated rings. The minimum atomic E-state index is -0.706. The van der Waals surface area contributed by atoms with Crippen LogP contribution in [0.3, 0.4) is 0 Å². The van der Waals surface area contributed by atoms with Gasteiger partial charge >= 0.3 is 5.97 Å². The van der Waals surface area contributed by atoms with Crippen molar-refractivity contribution in [3.05, 3.63) is 56.8 Å². The van der Waals surface area contributed by atoms with E-state index in [1.54, 1.807) is 0 Å². The van der Waals surface area contributed by atoms with E-state index in [9.17, 15) is 14.0 Å². The molecule has 0 aliphatic rings. The lowest BCUT2D eigenvalue weighted by atomic mass is 10.1. The Labute approximate surface area is 146 Å². The van der Waals surface area contributed by atoms with Crippen LogP contribution in [-0.2, 0) is 4.79 Å². The first kappa shape index (κ1) is 17.5. The molecule has 0 aliphatic heterocycles. The van der Waals surface area contributed by atoms with E-state index in [0.29, 0.717) is 5.69 Å². The van der Waals surface area contributed by atoms with Crippen molar-refractivity contribution < 1.29 is 18.7 Å². The highest BCUT2D eigenvalue weighted by Gasteiger charge is 2.24. The van der Waals surface area contributed by atoms with Crippen molar-refractivity contribution in [2.75, 3.05) is 5.32 Å². The molecule has 120 valence electrons. The van der Waals surface area contributed by atoms with Crippen molar-refractivity contribution in [2.45, 2.75) is 6.92 Å². The fraction of sp³-hybridized carbons (Fsp3) is 0.0667. The number of ether oxygens (including phenoxy) is 1. The topological polar surface area (TPSA) is 55.4 Å². The summed E-state index contributed by atoms with van der Waals surface area (Å²) in [6.45, 7) is 1.15. The Morgan fingerprint density at radius 2 is 1.70 bits per heavy atom. The molecule has 2 aromatic rings. The van der Waals surface area contributed by atoms with Crippen molar-refractivity contribution >= 4 is 52.4 Å². The normalized spacial score (nSPS) is 10.3. The van der Waals surface area contributed by atoms with Gasteiger partial charge in [0.25, 0.3) is 5.91 Å². The maximum Gasteiger partial charge on any atom is 0.308 e. The minimum Gasteiger partial charge on any atom is -0.424 e. The molecule has 0 heterocycles. The van der Waals surface area contributed by atoms with Crippen molar-refractivity contribution in [1.82, 2.24) is 0 Å². The fourth-order valence-electron chi connectivity index (χ4n) is 1.75. The van der Waals surface area contributed by atoms with Gasteiger partial charge in [0, 0.05) is 12.6 Å². The Kier molecular flexibility index (Phi) is 5.46. The first-order chi connectivity index (χ1) is 10.8. The van der Waals surface area contributed by atoms with Crippen LogP contribution in [0.1, 0.15) is 17.3 Å². The summed E-state index contributed by atoms with van der Waals surface area (Å²) < 4.78 is 17.9. The molecular formula is C15H9Cl3FNO3. The molecule has 0 unspecified atom stereocenters. The number of carbonyl (C=O) groups is 2. The van der Waals surface area contributed by atoms with Crippen molar-refractivity contribution in [2.24, 2.45) is 0 Å². The molecule has 1 amide bonds. The average molecular weight is 377 g/mol. The molecule has 0 saturated heterocycles. The Morgan fingerprint density at radius 1 is 1.09 bits per heavy atom. The smallest absolute Gasteiger partial charge is 0.308 e. The molecule has 2 rings (SSSR count). The minimum absolute atomic E-state index is 0.0248. The Morgan fingerprint density at radius 3 is 2.26 bits per heavy atom. The largest absolute Gasteiger partial charge is 0.424 e. The highest BCUT2D eigenvalue weighted by molar-refractivity contribution is 6.46. The van der Waals surface area contributed by atoms with Gasteiger partial charge in [-0.15, -0.1) is 0 Å². The monoisotopic (exact) mass is 375 g/mol. The number of halogens is 4. The molecule has 0 bridgehead atoms. The van der Waals surface area contributed by atoms with Crippen LogP contribution in [0.25, 0.3) is 0 Å². The van der Waals surface area contributed by atoms with Crippen LogP contribution in [0.15, 0.2) is 30.3 Å². The zero-order valence-electron chi connectivity index (χ0n) is 11.6. The van der Waals surface area contributed by atoms with E-state index in [1.807, 2.05) is 0 Å². The third kappa shape index (κ3) is 4.13. The summed E-state index contributed by atoms with van der Waals surface area (Å²) in [5.41, 5.74) is 0.126. The molecule has 2 aromatic carbocycles. The maximum atomic E-state index is 12.9. The number of anilines is 1. The van der Waals surface area contributed by atoms with Crippen LogP contribution in [0.2, 0.25) is 15.1 Å². The van der Waals surface area contributed by atoms with E-state index < -0.39 is 17.7 Å². The molecule has 8 heteroatoms. The molecule has 0 aliphatic carbocycles. The van der Waals surface area contributed by atoms with Crippen molar-refractivity contribution in [1.29, 1.82) is 0 Å². The van der Waals surface area contributed by atoms with Crippen LogP contribution in [0.5, 0.6) is 5.75 Å². The fourth-order valence-corrected chi connectivity index (χ4v) is 2.48. The summed E-state index contributed by atoms with van der Waals surface area (Å²) in [4.78, 5) is 23.6. The van der Waals surface area contributed by atoms with Crippen LogP contribution in [0, 0.1) is 5.82 Å². The predicted molar refractivity (Wildman–Crippen MR) is 87.1 cm³/mol. The van der Waals surface area contributed by atoms with E-state index in [0.717, 1.165) is 6.92 Å². The molecular weight excluding hydrogens is 368 g/mol. The van der Waals surface area contributed by atoms with Crippen LogP contribution in [0.4, 0.5) is 10.1 Å². The van der Waals surface area contributed by atoms with E-state index >= 15 is 0 Å². The van der Waals surface area contributed by atoms with Gasteiger partial charge in [-0.2, -0.15) is 0 Å². The van der Waals surface area contributed by atoms with E-state index in [-0.39, 0.29) is 26.4 Å². The van der Waals surface area contributed by atoms with E-state index in [4.69, 9.17) is 39.5 Å². The first-order valence-electron chi connectivity index (χ1n) is 6.22. The summed E-state index contributed by atoms with van der Waals surface area (Å²) in [7, 11) is 0. The summed E-state index contributed by atoms with van der Waals surface area (Å²) in [5.74, 6) is -2.04. The molecule has 0 saturated carbocycles. The SMILES string of the molecule is CC(=O)Oc1c(Cl)cc(Cl)c(Cl)c1C(=O)Nc1ccc(F)cc1. The third-order valence-corrected chi connectivity index (χ3v) is 3.77. The number of carbonyl (C=O) groups excluding carboxylic acids is 2. The van der Waals surface area contributed by atoms with Gasteiger partial charge in [0.05, 0.1) is 15.1 Å². The highest BCUT2D eigenvalue weighted by Crippen LogP contribution is 2.39. The molecule has 1 N–H and O–H groups in total. The number of hydrogen-bond donors (Lipinski definition) is 1. The van der Waals surface area contributed by atoms with Gasteiger partial charge in [-0.05, 0) is 30.3 Å². The van der Waals surface area contributed by atoms with Crippen molar-refractivity contribution in [3.63, 3.8) is 0 Å². The predicted octanol–water partition coefficient (Wildman–Crippen LogP) is 4.96. The Balaban J connectivity index is 2.45. The average Bonchev–Trinajstić information content (AvgIpc) is 2.47. The highest BCUT2D eigenvalue weighted by atomic mass is 35.5. The molecule has 0 radical (unpaired) electrons. The second kappa shape index (κ2) is 7.17. The van der Waals surface area contributed by atoms with Gasteiger partial charge in [-0.1, -0.05) is 34.8 Å². The summed E-state index contributed by atoms with van der Waals surface area (Å²) >= 11 is 17.9. The summed E-state index contributed by atoms with van der Waals surface area (Å²) in [6.07, 6.45) is 0. The first-order valence-corrected chi connectivity index (χ1v) is 7.36. The quantitative estimate of drug-likeness (QED) is 0.468. The number of rotatable bonds is 3. The van der Waals surface area contributed by atoms with Gasteiger partial charge in [0.2, 0.25) is 0 Å². The summed E-state index contributed by atoms with van der Waals surface area (Å²) in [6, 6.07) is 6.33.